The molecule has 0 aliphatic rings. The number of rotatable bonds is 9. The van der Waals surface area contributed by atoms with Crippen molar-refractivity contribution < 1.29 is 9.47 Å². The number of likely N-dealkylation sites (N-methyl/N-ethyl adjacent to an activating group) is 1. The molecule has 1 aromatic rings. The molecule has 0 unspecified atom stereocenters. The maximum atomic E-state index is 9.01. The summed E-state index contributed by atoms with van der Waals surface area (Å²) >= 11 is 0. The second-order valence-electron chi connectivity index (χ2n) is 4.74. The van der Waals surface area contributed by atoms with Crippen molar-refractivity contribution in [2.24, 2.45) is 0 Å². The average Bonchev–Trinajstić information content (AvgIpc) is 2.45. The Kier molecular flexibility index (Phi) is 7.66. The second-order valence-corrected chi connectivity index (χ2v) is 4.74. The molecule has 1 N–H and O–H groups in total. The van der Waals surface area contributed by atoms with E-state index in [9.17, 15) is 0 Å². The molecule has 0 fully saturated rings. The first-order chi connectivity index (χ1) is 9.67. The van der Waals surface area contributed by atoms with Crippen molar-refractivity contribution in [1.82, 2.24) is 10.2 Å². The highest BCUT2D eigenvalue weighted by atomic mass is 16.5. The lowest BCUT2D eigenvalue weighted by Crippen LogP contribution is -2.23. The van der Waals surface area contributed by atoms with Gasteiger partial charge in [0.15, 0.2) is 0 Å². The highest BCUT2D eigenvalue weighted by Crippen LogP contribution is 2.18. The summed E-state index contributed by atoms with van der Waals surface area (Å²) in [5, 5.41) is 12.3. The van der Waals surface area contributed by atoms with Crippen LogP contribution >= 0.6 is 0 Å². The van der Waals surface area contributed by atoms with E-state index in [4.69, 9.17) is 14.7 Å². The van der Waals surface area contributed by atoms with E-state index in [0.29, 0.717) is 17.9 Å². The van der Waals surface area contributed by atoms with E-state index in [1.807, 2.05) is 32.3 Å². The van der Waals surface area contributed by atoms with Gasteiger partial charge in [-0.25, -0.2) is 0 Å². The van der Waals surface area contributed by atoms with Crippen molar-refractivity contribution in [1.29, 1.82) is 5.26 Å². The minimum absolute atomic E-state index is 0.564. The van der Waals surface area contributed by atoms with Crippen LogP contribution in [0.2, 0.25) is 0 Å². The zero-order valence-electron chi connectivity index (χ0n) is 12.5. The van der Waals surface area contributed by atoms with Gasteiger partial charge in [-0.15, -0.1) is 0 Å². The predicted octanol–water partition coefficient (Wildman–Crippen LogP) is 1.23. The molecular formula is C15H23N3O2. The number of hydrogen-bond donors (Lipinski definition) is 1. The van der Waals surface area contributed by atoms with Gasteiger partial charge in [-0.3, -0.25) is 0 Å². The summed E-state index contributed by atoms with van der Waals surface area (Å²) in [6, 6.07) is 7.76. The van der Waals surface area contributed by atoms with Crippen LogP contribution in [0.1, 0.15) is 11.1 Å². The molecule has 0 bridgehead atoms. The number of benzene rings is 1. The number of ether oxygens (including phenoxy) is 2. The summed E-state index contributed by atoms with van der Waals surface area (Å²) < 4.78 is 10.6. The lowest BCUT2D eigenvalue weighted by Gasteiger charge is -2.10. The Labute approximate surface area is 121 Å². The third-order valence-corrected chi connectivity index (χ3v) is 2.82. The van der Waals surface area contributed by atoms with Crippen molar-refractivity contribution in [3.63, 3.8) is 0 Å². The molecule has 0 heterocycles. The molecule has 0 aliphatic heterocycles. The van der Waals surface area contributed by atoms with Crippen LogP contribution in [0.5, 0.6) is 5.75 Å². The predicted molar refractivity (Wildman–Crippen MR) is 78.8 cm³/mol. The van der Waals surface area contributed by atoms with Gasteiger partial charge < -0.3 is 19.7 Å². The second kappa shape index (κ2) is 9.32. The highest BCUT2D eigenvalue weighted by Gasteiger charge is 2.03. The molecule has 5 heteroatoms. The Bertz CT molecular complexity index is 441. The molecule has 5 nitrogen and oxygen atoms in total. The van der Waals surface area contributed by atoms with Crippen molar-refractivity contribution in [2.45, 2.75) is 6.54 Å². The molecular weight excluding hydrogens is 254 g/mol. The summed E-state index contributed by atoms with van der Waals surface area (Å²) in [4.78, 5) is 2.09. The fraction of sp³-hybridized carbons (Fsp3) is 0.533. The van der Waals surface area contributed by atoms with Gasteiger partial charge in [-0.05, 0) is 31.8 Å². The Morgan fingerprint density at radius 1 is 1.30 bits per heavy atom. The van der Waals surface area contributed by atoms with Gasteiger partial charge in [-0.1, -0.05) is 6.07 Å². The van der Waals surface area contributed by atoms with Crippen LogP contribution in [0.4, 0.5) is 0 Å². The fourth-order valence-electron chi connectivity index (χ4n) is 1.68. The van der Waals surface area contributed by atoms with Crippen molar-refractivity contribution in [3.05, 3.63) is 29.3 Å². The summed E-state index contributed by atoms with van der Waals surface area (Å²) in [6.45, 7) is 3.88. The number of hydrogen-bond acceptors (Lipinski definition) is 5. The summed E-state index contributed by atoms with van der Waals surface area (Å²) in [6.07, 6.45) is 0. The van der Waals surface area contributed by atoms with Gasteiger partial charge in [0.2, 0.25) is 0 Å². The normalized spacial score (nSPS) is 10.6. The first kappa shape index (κ1) is 16.4. The Balaban J connectivity index is 2.24. The van der Waals surface area contributed by atoms with Crippen LogP contribution in [-0.4, -0.2) is 52.4 Å². The lowest BCUT2D eigenvalue weighted by molar-refractivity contribution is 0.119. The van der Waals surface area contributed by atoms with Crippen LogP contribution in [-0.2, 0) is 11.3 Å². The third-order valence-electron chi connectivity index (χ3n) is 2.82. The monoisotopic (exact) mass is 277 g/mol. The van der Waals surface area contributed by atoms with E-state index >= 15 is 0 Å². The fourth-order valence-corrected chi connectivity index (χ4v) is 1.68. The van der Waals surface area contributed by atoms with Crippen LogP contribution in [0.25, 0.3) is 0 Å². The Morgan fingerprint density at radius 3 is 2.75 bits per heavy atom. The zero-order valence-corrected chi connectivity index (χ0v) is 12.5. The van der Waals surface area contributed by atoms with E-state index in [1.165, 1.54) is 0 Å². The number of nitrogens with zero attached hydrogens (tertiary/aromatic N) is 2. The lowest BCUT2D eigenvalue weighted by atomic mass is 10.1. The molecule has 0 radical (unpaired) electrons. The van der Waals surface area contributed by atoms with E-state index in [-0.39, 0.29) is 0 Å². The maximum Gasteiger partial charge on any atom is 0.136 e. The van der Waals surface area contributed by atoms with Crippen molar-refractivity contribution in [2.75, 3.05) is 47.5 Å². The van der Waals surface area contributed by atoms with Gasteiger partial charge >= 0.3 is 0 Å². The summed E-state index contributed by atoms with van der Waals surface area (Å²) in [7, 11) is 5.62. The molecule has 0 saturated heterocycles. The van der Waals surface area contributed by atoms with E-state index in [1.54, 1.807) is 7.11 Å². The van der Waals surface area contributed by atoms with Crippen LogP contribution in [0.3, 0.4) is 0 Å². The Hall–Kier alpha value is -1.61. The SMILES string of the molecule is COc1ccc(CNCCOCCN(C)C)cc1C#N. The van der Waals surface area contributed by atoms with Crippen LogP contribution < -0.4 is 10.1 Å². The van der Waals surface area contributed by atoms with Crippen LogP contribution in [0.15, 0.2) is 18.2 Å². The maximum absolute atomic E-state index is 9.01. The summed E-state index contributed by atoms with van der Waals surface area (Å²) in [5.41, 5.74) is 1.63. The number of methoxy groups -OCH3 is 1. The van der Waals surface area contributed by atoms with E-state index in [2.05, 4.69) is 16.3 Å². The van der Waals surface area contributed by atoms with Crippen molar-refractivity contribution >= 4 is 0 Å². The molecule has 110 valence electrons. The Morgan fingerprint density at radius 2 is 2.10 bits per heavy atom. The summed E-state index contributed by atoms with van der Waals surface area (Å²) in [5.74, 6) is 0.614. The van der Waals surface area contributed by atoms with Gasteiger partial charge in [0.25, 0.3) is 0 Å². The van der Waals surface area contributed by atoms with Crippen LogP contribution in [0, 0.1) is 11.3 Å². The topological polar surface area (TPSA) is 57.5 Å². The largest absolute Gasteiger partial charge is 0.495 e. The molecule has 0 atom stereocenters. The minimum Gasteiger partial charge on any atom is -0.495 e. The van der Waals surface area contributed by atoms with E-state index < -0.39 is 0 Å². The van der Waals surface area contributed by atoms with E-state index in [0.717, 1.165) is 31.8 Å². The number of nitrogens with one attached hydrogen (secondary N) is 1. The zero-order chi connectivity index (χ0) is 14.8. The van der Waals surface area contributed by atoms with Gasteiger partial charge in [-0.2, -0.15) is 5.26 Å². The standard InChI is InChI=1S/C15H23N3O2/c1-18(2)7-9-20-8-6-17-12-13-4-5-15(19-3)14(10-13)11-16/h4-5,10,17H,6-9,12H2,1-3H3. The third kappa shape index (κ3) is 6.02. The molecule has 0 spiro atoms. The highest BCUT2D eigenvalue weighted by molar-refractivity contribution is 5.45. The molecule has 0 aliphatic carbocycles. The molecule has 0 saturated carbocycles. The number of nitriles is 1. The van der Waals surface area contributed by atoms with Gasteiger partial charge in [0.05, 0.1) is 25.9 Å². The molecule has 0 aromatic heterocycles. The first-order valence-electron chi connectivity index (χ1n) is 6.67. The molecule has 20 heavy (non-hydrogen) atoms. The minimum atomic E-state index is 0.564. The quantitative estimate of drug-likeness (QED) is 0.688. The molecule has 1 rings (SSSR count). The van der Waals surface area contributed by atoms with Crippen molar-refractivity contribution in [3.8, 4) is 11.8 Å². The smallest absolute Gasteiger partial charge is 0.136 e. The van der Waals surface area contributed by atoms with Gasteiger partial charge in [0.1, 0.15) is 11.8 Å². The molecule has 1 aromatic carbocycles. The average molecular weight is 277 g/mol. The molecule has 0 amide bonds. The van der Waals surface area contributed by atoms with Gasteiger partial charge in [0, 0.05) is 19.6 Å². The first-order valence-corrected chi connectivity index (χ1v) is 6.67.